The van der Waals surface area contributed by atoms with Gasteiger partial charge >= 0.3 is 6.09 Å². The summed E-state index contributed by atoms with van der Waals surface area (Å²) in [5.41, 5.74) is 1.75. The Hall–Kier alpha value is -3.61. The summed E-state index contributed by atoms with van der Waals surface area (Å²) in [6, 6.07) is 15.7. The first-order valence-electron chi connectivity index (χ1n) is 11.3. The number of carbonyl (C=O) groups is 3. The summed E-state index contributed by atoms with van der Waals surface area (Å²) in [5, 5.41) is 5.45. The Morgan fingerprint density at radius 1 is 1.03 bits per heavy atom. The largest absolute Gasteiger partial charge is 0.444 e. The van der Waals surface area contributed by atoms with Gasteiger partial charge in [-0.15, -0.1) is 0 Å². The fourth-order valence-corrected chi connectivity index (χ4v) is 3.46. The van der Waals surface area contributed by atoms with Crippen molar-refractivity contribution in [1.82, 2.24) is 15.5 Å². The van der Waals surface area contributed by atoms with Crippen molar-refractivity contribution >= 4 is 24.0 Å². The van der Waals surface area contributed by atoms with Crippen molar-refractivity contribution in [3.63, 3.8) is 0 Å². The number of amides is 3. The number of carbonyl (C=O) groups excluding carboxylic acids is 3. The van der Waals surface area contributed by atoms with Crippen LogP contribution in [-0.2, 0) is 20.9 Å². The molecule has 2 aromatic carbocycles. The van der Waals surface area contributed by atoms with Crippen molar-refractivity contribution in [3.05, 3.63) is 77.9 Å². The molecular weight excluding hydrogens is 430 g/mol. The molecule has 0 spiro atoms. The molecule has 2 aromatic rings. The van der Waals surface area contributed by atoms with Crippen molar-refractivity contribution < 1.29 is 19.1 Å². The lowest BCUT2D eigenvalue weighted by Crippen LogP contribution is -2.50. The number of nitrogens with one attached hydrogen (secondary N) is 2. The molecule has 0 aromatic heterocycles. The lowest BCUT2D eigenvalue weighted by Gasteiger charge is -2.35. The molecule has 3 amide bonds. The highest BCUT2D eigenvalue weighted by Crippen LogP contribution is 2.25. The molecule has 2 N–H and O–H groups in total. The second-order valence-electron chi connectivity index (χ2n) is 9.23. The third-order valence-electron chi connectivity index (χ3n) is 4.93. The molecule has 0 fully saturated rings. The first-order chi connectivity index (χ1) is 16.0. The Labute approximate surface area is 202 Å². The predicted molar refractivity (Wildman–Crippen MR) is 134 cm³/mol. The van der Waals surface area contributed by atoms with E-state index in [0.717, 1.165) is 11.1 Å². The number of nitrogens with zero attached hydrogens (tertiary/aromatic N) is 1. The normalized spacial score (nSPS) is 11.9. The highest BCUT2D eigenvalue weighted by molar-refractivity contribution is 5.90. The van der Waals surface area contributed by atoms with Crippen molar-refractivity contribution in [2.24, 2.45) is 0 Å². The van der Waals surface area contributed by atoms with Gasteiger partial charge in [-0.2, -0.15) is 0 Å². The van der Waals surface area contributed by atoms with Crippen molar-refractivity contribution in [3.8, 4) is 0 Å². The molecule has 0 saturated heterocycles. The van der Waals surface area contributed by atoms with E-state index < -0.39 is 23.6 Å². The van der Waals surface area contributed by atoms with Gasteiger partial charge in [0, 0.05) is 12.6 Å². The summed E-state index contributed by atoms with van der Waals surface area (Å²) in [5.74, 6) is -0.714. The number of rotatable bonds is 9. The van der Waals surface area contributed by atoms with Crippen LogP contribution >= 0.6 is 0 Å². The average Bonchev–Trinajstić information content (AvgIpc) is 2.78. The minimum absolute atomic E-state index is 0.295. The SMILES string of the molecule is C=Cc1cccc(C(C(=O)NCc2ccccc2)N(C(=O)CNC(=O)OC(C)(C)C)C(C)C)c1. The van der Waals surface area contributed by atoms with Crippen LogP contribution in [-0.4, -0.2) is 41.0 Å². The van der Waals surface area contributed by atoms with Crippen LogP contribution in [0.25, 0.3) is 6.08 Å². The first-order valence-corrected chi connectivity index (χ1v) is 11.3. The van der Waals surface area contributed by atoms with Crippen molar-refractivity contribution in [1.29, 1.82) is 0 Å². The first kappa shape index (κ1) is 26.6. The third kappa shape index (κ3) is 8.06. The standard InChI is InChI=1S/C27H35N3O4/c1-7-20-14-11-15-22(16-20)24(25(32)28-17-21-12-9-8-10-13-21)30(19(2)3)23(31)18-29-26(33)34-27(4,5)6/h7-16,19,24H,1,17-18H2,2-6H3,(H,28,32)(H,29,33). The Balaban J connectivity index is 2.30. The van der Waals surface area contributed by atoms with E-state index in [1.54, 1.807) is 26.8 Å². The minimum atomic E-state index is -0.892. The summed E-state index contributed by atoms with van der Waals surface area (Å²) < 4.78 is 5.23. The van der Waals surface area contributed by atoms with Gasteiger partial charge in [0.05, 0.1) is 0 Å². The van der Waals surface area contributed by atoms with E-state index in [4.69, 9.17) is 4.74 Å². The molecule has 7 heteroatoms. The van der Waals surface area contributed by atoms with Gasteiger partial charge in [0.25, 0.3) is 0 Å². The summed E-state index contributed by atoms with van der Waals surface area (Å²) >= 11 is 0. The molecular formula is C27H35N3O4. The van der Waals surface area contributed by atoms with E-state index in [9.17, 15) is 14.4 Å². The molecule has 1 unspecified atom stereocenters. The molecule has 34 heavy (non-hydrogen) atoms. The van der Waals surface area contributed by atoms with Gasteiger partial charge in [0.15, 0.2) is 0 Å². The molecule has 0 aliphatic rings. The zero-order valence-corrected chi connectivity index (χ0v) is 20.6. The van der Waals surface area contributed by atoms with Crippen LogP contribution in [0.2, 0.25) is 0 Å². The quantitative estimate of drug-likeness (QED) is 0.573. The summed E-state index contributed by atoms with van der Waals surface area (Å²) in [4.78, 5) is 40.3. The van der Waals surface area contributed by atoms with Gasteiger partial charge in [-0.25, -0.2) is 4.79 Å². The maximum Gasteiger partial charge on any atom is 0.408 e. The molecule has 0 heterocycles. The fraction of sp³-hybridized carbons (Fsp3) is 0.370. The summed E-state index contributed by atoms with van der Waals surface area (Å²) in [6.45, 7) is 12.7. The molecule has 0 saturated carbocycles. The number of hydrogen-bond acceptors (Lipinski definition) is 4. The number of ether oxygens (including phenoxy) is 1. The highest BCUT2D eigenvalue weighted by Gasteiger charge is 2.33. The van der Waals surface area contributed by atoms with Gasteiger partial charge in [0.2, 0.25) is 11.8 Å². The van der Waals surface area contributed by atoms with Crippen molar-refractivity contribution in [2.45, 2.75) is 58.8 Å². The van der Waals surface area contributed by atoms with Crippen LogP contribution in [0.3, 0.4) is 0 Å². The molecule has 0 aliphatic heterocycles. The van der Waals surface area contributed by atoms with E-state index in [-0.39, 0.29) is 18.5 Å². The lowest BCUT2D eigenvalue weighted by atomic mass is 10.00. The zero-order chi connectivity index (χ0) is 25.3. The van der Waals surface area contributed by atoms with E-state index >= 15 is 0 Å². The molecule has 1 atom stereocenters. The number of benzene rings is 2. The summed E-state index contributed by atoms with van der Waals surface area (Å²) in [7, 11) is 0. The third-order valence-corrected chi connectivity index (χ3v) is 4.93. The number of hydrogen-bond donors (Lipinski definition) is 2. The Morgan fingerprint density at radius 3 is 2.29 bits per heavy atom. The van der Waals surface area contributed by atoms with E-state index in [1.807, 2.05) is 68.4 Å². The zero-order valence-electron chi connectivity index (χ0n) is 20.6. The molecule has 0 radical (unpaired) electrons. The maximum atomic E-state index is 13.4. The second-order valence-corrected chi connectivity index (χ2v) is 9.23. The van der Waals surface area contributed by atoms with Gasteiger partial charge in [-0.1, -0.05) is 61.2 Å². The summed E-state index contributed by atoms with van der Waals surface area (Å²) in [6.07, 6.45) is 0.997. The maximum absolute atomic E-state index is 13.4. The van der Waals surface area contributed by atoms with Crippen LogP contribution < -0.4 is 10.6 Å². The Bertz CT molecular complexity index is 996. The van der Waals surface area contributed by atoms with E-state index in [1.165, 1.54) is 4.90 Å². The highest BCUT2D eigenvalue weighted by atomic mass is 16.6. The topological polar surface area (TPSA) is 87.7 Å². The average molecular weight is 466 g/mol. The smallest absolute Gasteiger partial charge is 0.408 e. The van der Waals surface area contributed by atoms with E-state index in [2.05, 4.69) is 17.2 Å². The molecule has 0 aliphatic carbocycles. The van der Waals surface area contributed by atoms with Gasteiger partial charge in [0.1, 0.15) is 18.2 Å². The predicted octanol–water partition coefficient (Wildman–Crippen LogP) is 4.45. The Morgan fingerprint density at radius 2 is 1.71 bits per heavy atom. The molecule has 0 bridgehead atoms. The lowest BCUT2D eigenvalue weighted by molar-refractivity contribution is -0.142. The van der Waals surface area contributed by atoms with Crippen LogP contribution in [0.15, 0.2) is 61.2 Å². The van der Waals surface area contributed by atoms with Crippen LogP contribution in [0.5, 0.6) is 0 Å². The minimum Gasteiger partial charge on any atom is -0.444 e. The molecule has 182 valence electrons. The van der Waals surface area contributed by atoms with Crippen molar-refractivity contribution in [2.75, 3.05) is 6.54 Å². The van der Waals surface area contributed by atoms with Crippen LogP contribution in [0.1, 0.15) is 57.4 Å². The van der Waals surface area contributed by atoms with Crippen LogP contribution in [0.4, 0.5) is 4.79 Å². The number of alkyl carbamates (subject to hydrolysis) is 1. The van der Waals surface area contributed by atoms with E-state index in [0.29, 0.717) is 12.1 Å². The Kier molecular flexibility index (Phi) is 9.42. The van der Waals surface area contributed by atoms with Gasteiger partial charge in [-0.05, 0) is 57.4 Å². The molecule has 7 nitrogen and oxygen atoms in total. The fourth-order valence-electron chi connectivity index (χ4n) is 3.46. The van der Waals surface area contributed by atoms with Crippen LogP contribution in [0, 0.1) is 0 Å². The second kappa shape index (κ2) is 12.0. The monoisotopic (exact) mass is 465 g/mol. The van der Waals surface area contributed by atoms with Gasteiger partial charge in [-0.3, -0.25) is 9.59 Å². The molecule has 2 rings (SSSR count). The van der Waals surface area contributed by atoms with Gasteiger partial charge < -0.3 is 20.3 Å².